The highest BCUT2D eigenvalue weighted by atomic mass is 15.1. The van der Waals surface area contributed by atoms with Gasteiger partial charge < -0.3 is 21.3 Å². The third-order valence-corrected chi connectivity index (χ3v) is 9.87. The molecule has 3 aliphatic rings. The van der Waals surface area contributed by atoms with E-state index in [9.17, 15) is 0 Å². The molecule has 0 saturated heterocycles. The molecule has 1 aromatic rings. The first-order valence-electron chi connectivity index (χ1n) is 17.7. The molecule has 2 aliphatic carbocycles. The number of fused-ring (bicyclic) bond motifs is 4. The Bertz CT molecular complexity index is 750. The fourth-order valence-corrected chi connectivity index (χ4v) is 7.44. The van der Waals surface area contributed by atoms with Crippen molar-refractivity contribution in [3.05, 3.63) is 29.1 Å². The number of pyridine rings is 1. The van der Waals surface area contributed by atoms with Crippen LogP contribution in [0.5, 0.6) is 0 Å². The summed E-state index contributed by atoms with van der Waals surface area (Å²) in [5, 5.41) is 15.7. The van der Waals surface area contributed by atoms with E-state index in [0.29, 0.717) is 24.2 Å². The van der Waals surface area contributed by atoms with Crippen LogP contribution in [-0.4, -0.2) is 42.2 Å². The first kappa shape index (κ1) is 31.9. The van der Waals surface area contributed by atoms with Gasteiger partial charge >= 0.3 is 0 Å². The van der Waals surface area contributed by atoms with Gasteiger partial charge in [0, 0.05) is 50.3 Å². The lowest BCUT2D eigenvalue weighted by molar-refractivity contribution is 0.266. The van der Waals surface area contributed by atoms with Gasteiger partial charge in [-0.05, 0) is 56.2 Å². The third kappa shape index (κ3) is 11.7. The molecule has 0 unspecified atom stereocenters. The molecule has 2 heterocycles. The highest BCUT2D eigenvalue weighted by Crippen LogP contribution is 2.22. The number of aromatic nitrogens is 1. The Balaban J connectivity index is 1.27. The molecule has 1 aromatic heterocycles. The number of aryl methyl sites for hydroxylation is 1. The average molecular weight is 554 g/mol. The molecule has 5 heteroatoms. The third-order valence-electron chi connectivity index (χ3n) is 9.87. The van der Waals surface area contributed by atoms with E-state index in [2.05, 4.69) is 40.3 Å². The highest BCUT2D eigenvalue weighted by molar-refractivity contribution is 5.22. The zero-order valence-corrected chi connectivity index (χ0v) is 26.1. The highest BCUT2D eigenvalue weighted by Gasteiger charge is 2.26. The van der Waals surface area contributed by atoms with Gasteiger partial charge in [0.25, 0.3) is 0 Å². The van der Waals surface area contributed by atoms with Crippen molar-refractivity contribution in [3.8, 4) is 0 Å². The van der Waals surface area contributed by atoms with Crippen molar-refractivity contribution in [2.45, 2.75) is 179 Å². The zero-order valence-electron chi connectivity index (χ0n) is 26.1. The van der Waals surface area contributed by atoms with Crippen LogP contribution >= 0.6 is 0 Å². The Morgan fingerprint density at radius 2 is 0.950 bits per heavy atom. The van der Waals surface area contributed by atoms with E-state index in [1.54, 1.807) is 0 Å². The van der Waals surface area contributed by atoms with Crippen molar-refractivity contribution < 1.29 is 0 Å². The van der Waals surface area contributed by atoms with E-state index < -0.39 is 0 Å². The lowest BCUT2D eigenvalue weighted by atomic mass is 9.89. The maximum atomic E-state index is 5.16. The summed E-state index contributed by atoms with van der Waals surface area (Å²) < 4.78 is 0. The summed E-state index contributed by atoms with van der Waals surface area (Å²) >= 11 is 0. The van der Waals surface area contributed by atoms with Crippen molar-refractivity contribution in [3.63, 3.8) is 0 Å². The molecule has 2 fully saturated rings. The molecule has 40 heavy (non-hydrogen) atoms. The molecule has 228 valence electrons. The van der Waals surface area contributed by atoms with E-state index in [4.69, 9.17) is 4.98 Å². The first-order valence-corrected chi connectivity index (χ1v) is 17.7. The molecule has 0 radical (unpaired) electrons. The number of nitrogens with zero attached hydrogens (tertiary/aromatic N) is 1. The number of unbranched alkanes of at least 4 members (excludes halogenated alkanes) is 11. The van der Waals surface area contributed by atoms with Crippen molar-refractivity contribution in [1.82, 2.24) is 26.3 Å². The summed E-state index contributed by atoms with van der Waals surface area (Å²) in [6, 6.07) is 7.11. The predicted octanol–water partition coefficient (Wildman–Crippen LogP) is 7.32. The van der Waals surface area contributed by atoms with Gasteiger partial charge in [0.05, 0.1) is 11.4 Å². The number of rotatable bonds is 13. The van der Waals surface area contributed by atoms with Crippen LogP contribution < -0.4 is 21.3 Å². The summed E-state index contributed by atoms with van der Waals surface area (Å²) in [4.78, 5) is 5.16. The van der Waals surface area contributed by atoms with E-state index >= 15 is 0 Å². The van der Waals surface area contributed by atoms with Crippen LogP contribution in [0.1, 0.15) is 152 Å². The van der Waals surface area contributed by atoms with E-state index in [1.165, 1.54) is 152 Å². The number of hydrogen-bond acceptors (Lipinski definition) is 5. The maximum absolute atomic E-state index is 5.16. The van der Waals surface area contributed by atoms with Gasteiger partial charge in [-0.25, -0.2) is 0 Å². The average Bonchev–Trinajstić information content (AvgIpc) is 2.98. The van der Waals surface area contributed by atoms with Crippen LogP contribution in [0.15, 0.2) is 12.1 Å². The van der Waals surface area contributed by atoms with Crippen molar-refractivity contribution >= 4 is 0 Å². The van der Waals surface area contributed by atoms with Crippen molar-refractivity contribution in [1.29, 1.82) is 0 Å². The van der Waals surface area contributed by atoms with Crippen molar-refractivity contribution in [2.75, 3.05) is 13.1 Å². The second-order valence-corrected chi connectivity index (χ2v) is 13.3. The van der Waals surface area contributed by atoms with Gasteiger partial charge in [0.1, 0.15) is 0 Å². The number of hydrogen-bond donors (Lipinski definition) is 4. The summed E-state index contributed by atoms with van der Waals surface area (Å²) in [5.41, 5.74) is 3.98. The molecule has 5 nitrogen and oxygen atoms in total. The lowest BCUT2D eigenvalue weighted by Gasteiger charge is -2.34. The van der Waals surface area contributed by atoms with Crippen LogP contribution in [0.3, 0.4) is 0 Å². The minimum absolute atomic E-state index is 0.560. The molecular weight excluding hydrogens is 490 g/mol. The first-order chi connectivity index (χ1) is 19.8. The minimum atomic E-state index is 0.560. The molecule has 4 rings (SSSR count). The molecule has 0 spiro atoms. The molecule has 2 bridgehead atoms. The predicted molar refractivity (Wildman–Crippen MR) is 171 cm³/mol. The Hall–Kier alpha value is -1.01. The normalized spacial score (nSPS) is 26.3. The minimum Gasteiger partial charge on any atom is -0.311 e. The molecule has 1 aliphatic heterocycles. The van der Waals surface area contributed by atoms with Gasteiger partial charge in [-0.15, -0.1) is 0 Å². The fourth-order valence-electron chi connectivity index (χ4n) is 7.44. The maximum Gasteiger partial charge on any atom is 0.0548 e. The lowest BCUT2D eigenvalue weighted by Crippen LogP contribution is -2.53. The molecule has 0 aromatic carbocycles. The Kier molecular flexibility index (Phi) is 15.3. The van der Waals surface area contributed by atoms with Gasteiger partial charge in [-0.1, -0.05) is 103 Å². The topological polar surface area (TPSA) is 61.0 Å². The van der Waals surface area contributed by atoms with Crippen LogP contribution in [0, 0.1) is 0 Å². The Labute approximate surface area is 247 Å². The quantitative estimate of drug-likeness (QED) is 0.193. The van der Waals surface area contributed by atoms with Crippen LogP contribution in [0.25, 0.3) is 0 Å². The monoisotopic (exact) mass is 554 g/mol. The Morgan fingerprint density at radius 1 is 0.550 bits per heavy atom. The smallest absolute Gasteiger partial charge is 0.0548 e. The summed E-state index contributed by atoms with van der Waals surface area (Å²) in [6.07, 6.45) is 28.7. The Morgan fingerprint density at radius 3 is 1.40 bits per heavy atom. The second-order valence-electron chi connectivity index (χ2n) is 13.3. The number of nitrogens with one attached hydrogen (secondary N) is 4. The molecule has 0 amide bonds. The molecule has 4 atom stereocenters. The van der Waals surface area contributed by atoms with Gasteiger partial charge in [0.2, 0.25) is 0 Å². The van der Waals surface area contributed by atoms with Crippen LogP contribution in [-0.2, 0) is 19.5 Å². The van der Waals surface area contributed by atoms with E-state index in [-0.39, 0.29) is 0 Å². The summed E-state index contributed by atoms with van der Waals surface area (Å²) in [7, 11) is 0. The fraction of sp³-hybridized carbons (Fsp3) is 0.857. The van der Waals surface area contributed by atoms with E-state index in [1.807, 2.05) is 0 Å². The van der Waals surface area contributed by atoms with Crippen molar-refractivity contribution in [2.24, 2.45) is 0 Å². The van der Waals surface area contributed by atoms with E-state index in [0.717, 1.165) is 26.2 Å². The summed E-state index contributed by atoms with van der Waals surface area (Å²) in [5.74, 6) is 0. The largest absolute Gasteiger partial charge is 0.311 e. The van der Waals surface area contributed by atoms with Crippen LogP contribution in [0.2, 0.25) is 0 Å². The standard InChI is InChI=1S/C35H63N5/c1-2-3-4-5-6-7-8-9-10-11-12-13-18-29-25-30-27-38-34-21-16-14-19-32(34)36-23-24-37-33-20-15-17-22-35(33)39-28-31(26-29)40-30/h25-26,32-39H,2-24,27-28H2,1H3/t32-,33+,34-,35+. The van der Waals surface area contributed by atoms with Gasteiger partial charge in [-0.2, -0.15) is 0 Å². The molecule has 2 saturated carbocycles. The summed E-state index contributed by atoms with van der Waals surface area (Å²) in [6.45, 7) is 6.24. The zero-order chi connectivity index (χ0) is 27.7. The second kappa shape index (κ2) is 19.2. The SMILES string of the molecule is CCCCCCCCCCCCCCc1cc2nc(c1)CN[C@@H]1CCCC[C@H]1NCCN[C@H]1CCCC[C@@H]1NC2. The van der Waals surface area contributed by atoms with Gasteiger partial charge in [0.15, 0.2) is 0 Å². The molecule has 4 N–H and O–H groups in total. The van der Waals surface area contributed by atoms with Crippen LogP contribution in [0.4, 0.5) is 0 Å². The van der Waals surface area contributed by atoms with Gasteiger partial charge in [-0.3, -0.25) is 4.98 Å². The molecular formula is C35H63N5.